The van der Waals surface area contributed by atoms with Gasteiger partial charge in [0.25, 0.3) is 0 Å². The Hall–Kier alpha value is -2.60. The first-order valence-corrected chi connectivity index (χ1v) is 11.7. The van der Waals surface area contributed by atoms with E-state index in [-0.39, 0.29) is 12.1 Å². The third-order valence-corrected chi connectivity index (χ3v) is 6.44. The van der Waals surface area contributed by atoms with Gasteiger partial charge in [-0.1, -0.05) is 12.1 Å². The van der Waals surface area contributed by atoms with Gasteiger partial charge in [0.15, 0.2) is 0 Å². The Balaban J connectivity index is 1.74. The lowest BCUT2D eigenvalue weighted by atomic mass is 9.84. The molecule has 2 fully saturated rings. The standard InChI is InChI=1S/C26H35N3O3/c1-17-14-20(16-28-24(17)27)19-7-8-21(18-9-12-31-13-10-18)22(15-19)23-6-5-11-29(23)25(30)32-26(2,3)4/h7-8,14-16,18,23H,5-6,9-13H2,1-4H3,(H2,27,28)/t23-/m0/s1. The summed E-state index contributed by atoms with van der Waals surface area (Å²) in [5.74, 6) is 1.000. The number of benzene rings is 1. The van der Waals surface area contributed by atoms with Crippen molar-refractivity contribution in [3.05, 3.63) is 47.2 Å². The molecule has 0 bridgehead atoms. The second-order valence-electron chi connectivity index (χ2n) is 9.99. The van der Waals surface area contributed by atoms with Crippen molar-refractivity contribution < 1.29 is 14.3 Å². The van der Waals surface area contributed by atoms with Gasteiger partial charge in [-0.2, -0.15) is 0 Å². The molecule has 1 aromatic carbocycles. The van der Waals surface area contributed by atoms with Gasteiger partial charge in [0.2, 0.25) is 0 Å². The highest BCUT2D eigenvalue weighted by molar-refractivity contribution is 5.71. The molecule has 0 unspecified atom stereocenters. The zero-order valence-electron chi connectivity index (χ0n) is 19.7. The first kappa shape index (κ1) is 22.6. The van der Waals surface area contributed by atoms with Crippen LogP contribution in [0.4, 0.5) is 10.6 Å². The number of amides is 1. The summed E-state index contributed by atoms with van der Waals surface area (Å²) in [6.07, 6.45) is 5.54. The normalized spacial score (nSPS) is 19.9. The lowest BCUT2D eigenvalue weighted by molar-refractivity contribution is 0.0222. The van der Waals surface area contributed by atoms with Crippen LogP contribution in [0, 0.1) is 6.92 Å². The molecule has 32 heavy (non-hydrogen) atoms. The first-order chi connectivity index (χ1) is 15.2. The first-order valence-electron chi connectivity index (χ1n) is 11.7. The number of hydrogen-bond acceptors (Lipinski definition) is 5. The van der Waals surface area contributed by atoms with E-state index in [1.807, 2.05) is 38.8 Å². The molecule has 0 spiro atoms. The highest BCUT2D eigenvalue weighted by Gasteiger charge is 2.35. The number of aryl methyl sites for hydroxylation is 1. The number of carbonyl (C=O) groups is 1. The van der Waals surface area contributed by atoms with Gasteiger partial charge in [-0.15, -0.1) is 0 Å². The summed E-state index contributed by atoms with van der Waals surface area (Å²) in [6, 6.07) is 8.78. The highest BCUT2D eigenvalue weighted by atomic mass is 16.6. The number of ether oxygens (including phenoxy) is 2. The van der Waals surface area contributed by atoms with Crippen molar-refractivity contribution in [3.63, 3.8) is 0 Å². The highest BCUT2D eigenvalue weighted by Crippen LogP contribution is 2.41. The van der Waals surface area contributed by atoms with Crippen LogP contribution in [-0.2, 0) is 9.47 Å². The van der Waals surface area contributed by atoms with Crippen LogP contribution in [0.5, 0.6) is 0 Å². The largest absolute Gasteiger partial charge is 0.444 e. The molecule has 2 aliphatic heterocycles. The summed E-state index contributed by atoms with van der Waals surface area (Å²) in [7, 11) is 0. The minimum Gasteiger partial charge on any atom is -0.444 e. The molecule has 4 rings (SSSR count). The molecule has 1 aromatic heterocycles. The van der Waals surface area contributed by atoms with Crippen LogP contribution >= 0.6 is 0 Å². The molecular weight excluding hydrogens is 402 g/mol. The number of likely N-dealkylation sites (tertiary alicyclic amines) is 1. The third kappa shape index (κ3) is 4.90. The van der Waals surface area contributed by atoms with E-state index in [2.05, 4.69) is 29.2 Å². The monoisotopic (exact) mass is 437 g/mol. The van der Waals surface area contributed by atoms with Gasteiger partial charge in [-0.05, 0) is 93.7 Å². The summed E-state index contributed by atoms with van der Waals surface area (Å²) in [6.45, 7) is 10.0. The summed E-state index contributed by atoms with van der Waals surface area (Å²) < 4.78 is 11.4. The van der Waals surface area contributed by atoms with Gasteiger partial charge in [0, 0.05) is 31.5 Å². The van der Waals surface area contributed by atoms with Crippen LogP contribution in [0.1, 0.15) is 75.1 Å². The molecule has 2 aromatic rings. The lowest BCUT2D eigenvalue weighted by Gasteiger charge is -2.32. The van der Waals surface area contributed by atoms with E-state index < -0.39 is 5.60 Å². The van der Waals surface area contributed by atoms with Crippen molar-refractivity contribution in [3.8, 4) is 11.1 Å². The molecule has 2 saturated heterocycles. The zero-order valence-corrected chi connectivity index (χ0v) is 19.7. The van der Waals surface area contributed by atoms with Gasteiger partial charge in [-0.3, -0.25) is 0 Å². The van der Waals surface area contributed by atoms with Crippen LogP contribution < -0.4 is 5.73 Å². The van der Waals surface area contributed by atoms with Crippen LogP contribution in [0.2, 0.25) is 0 Å². The van der Waals surface area contributed by atoms with Gasteiger partial charge in [0.1, 0.15) is 11.4 Å². The molecule has 0 aliphatic carbocycles. The maximum atomic E-state index is 13.0. The van der Waals surface area contributed by atoms with E-state index in [0.717, 1.165) is 62.1 Å². The van der Waals surface area contributed by atoms with Crippen LogP contribution in [0.25, 0.3) is 11.1 Å². The van der Waals surface area contributed by atoms with Crippen molar-refractivity contribution in [2.24, 2.45) is 0 Å². The summed E-state index contributed by atoms with van der Waals surface area (Å²) in [5.41, 5.74) is 11.1. The van der Waals surface area contributed by atoms with E-state index in [9.17, 15) is 4.79 Å². The summed E-state index contributed by atoms with van der Waals surface area (Å²) in [5, 5.41) is 0. The Morgan fingerprint density at radius 1 is 1.12 bits per heavy atom. The van der Waals surface area contributed by atoms with E-state index in [0.29, 0.717) is 11.7 Å². The van der Waals surface area contributed by atoms with Crippen molar-refractivity contribution in [2.45, 2.75) is 70.9 Å². The van der Waals surface area contributed by atoms with Crippen LogP contribution in [0.3, 0.4) is 0 Å². The number of rotatable bonds is 3. The Labute approximate surface area is 191 Å². The molecule has 0 radical (unpaired) electrons. The smallest absolute Gasteiger partial charge is 0.410 e. The lowest BCUT2D eigenvalue weighted by Crippen LogP contribution is -2.36. The molecular formula is C26H35N3O3. The second kappa shape index (κ2) is 9.10. The molecule has 172 valence electrons. The average molecular weight is 438 g/mol. The minimum atomic E-state index is -0.511. The molecule has 6 nitrogen and oxygen atoms in total. The molecule has 3 heterocycles. The molecule has 0 saturated carbocycles. The average Bonchev–Trinajstić information content (AvgIpc) is 3.25. The van der Waals surface area contributed by atoms with E-state index >= 15 is 0 Å². The Morgan fingerprint density at radius 2 is 1.88 bits per heavy atom. The van der Waals surface area contributed by atoms with Crippen molar-refractivity contribution >= 4 is 11.9 Å². The molecule has 2 N–H and O–H groups in total. The number of hydrogen-bond donors (Lipinski definition) is 1. The predicted octanol–water partition coefficient (Wildman–Crippen LogP) is 5.61. The van der Waals surface area contributed by atoms with Crippen molar-refractivity contribution in [1.82, 2.24) is 9.88 Å². The van der Waals surface area contributed by atoms with Crippen molar-refractivity contribution in [2.75, 3.05) is 25.5 Å². The quantitative estimate of drug-likeness (QED) is 0.676. The Bertz CT molecular complexity index is 977. The topological polar surface area (TPSA) is 77.7 Å². The zero-order chi connectivity index (χ0) is 22.9. The second-order valence-corrected chi connectivity index (χ2v) is 9.99. The van der Waals surface area contributed by atoms with Crippen molar-refractivity contribution in [1.29, 1.82) is 0 Å². The molecule has 6 heteroatoms. The molecule has 2 aliphatic rings. The summed E-state index contributed by atoms with van der Waals surface area (Å²) in [4.78, 5) is 19.3. The number of nitrogens with zero attached hydrogens (tertiary/aromatic N) is 2. The maximum Gasteiger partial charge on any atom is 0.410 e. The number of nitrogens with two attached hydrogens (primary N) is 1. The number of aromatic nitrogens is 1. The molecule has 1 atom stereocenters. The number of carbonyl (C=O) groups excluding carboxylic acids is 1. The number of pyridine rings is 1. The van der Waals surface area contributed by atoms with Gasteiger partial charge in [-0.25, -0.2) is 9.78 Å². The fourth-order valence-corrected chi connectivity index (χ4v) is 4.80. The fourth-order valence-electron chi connectivity index (χ4n) is 4.80. The maximum absolute atomic E-state index is 13.0. The SMILES string of the molecule is Cc1cc(-c2ccc(C3CCOCC3)c([C@@H]3CCCN3C(=O)OC(C)(C)C)c2)cnc1N. The van der Waals surface area contributed by atoms with Crippen LogP contribution in [-0.4, -0.2) is 41.3 Å². The van der Waals surface area contributed by atoms with E-state index in [1.54, 1.807) is 0 Å². The third-order valence-electron chi connectivity index (χ3n) is 6.44. The fraction of sp³-hybridized carbons (Fsp3) is 0.538. The molecule has 1 amide bonds. The van der Waals surface area contributed by atoms with Gasteiger partial charge in [0.05, 0.1) is 6.04 Å². The Kier molecular flexibility index (Phi) is 6.42. The number of anilines is 1. The van der Waals surface area contributed by atoms with E-state index in [4.69, 9.17) is 15.2 Å². The minimum absolute atomic E-state index is 0.0190. The summed E-state index contributed by atoms with van der Waals surface area (Å²) >= 11 is 0. The van der Waals surface area contributed by atoms with Crippen LogP contribution in [0.15, 0.2) is 30.5 Å². The van der Waals surface area contributed by atoms with E-state index in [1.165, 1.54) is 11.1 Å². The van der Waals surface area contributed by atoms with Gasteiger partial charge >= 0.3 is 6.09 Å². The predicted molar refractivity (Wildman–Crippen MR) is 127 cm³/mol. The number of nitrogen functional groups attached to an aromatic ring is 1. The Morgan fingerprint density at radius 3 is 2.56 bits per heavy atom. The van der Waals surface area contributed by atoms with Gasteiger partial charge < -0.3 is 20.1 Å².